The summed E-state index contributed by atoms with van der Waals surface area (Å²) in [5, 5.41) is 8.82. The molecule has 0 radical (unpaired) electrons. The van der Waals surface area contributed by atoms with E-state index in [1.54, 1.807) is 23.9 Å². The Morgan fingerprint density at radius 2 is 1.85 bits per heavy atom. The molecule has 1 N–H and O–H groups in total. The fourth-order valence-electron chi connectivity index (χ4n) is 3.41. The lowest BCUT2D eigenvalue weighted by Crippen LogP contribution is -2.10. The first-order chi connectivity index (χ1) is 16.2. The summed E-state index contributed by atoms with van der Waals surface area (Å²) in [5.74, 6) is 0.357. The first kappa shape index (κ1) is 23.7. The van der Waals surface area contributed by atoms with E-state index in [1.807, 2.05) is 31.2 Å². The summed E-state index contributed by atoms with van der Waals surface area (Å²) in [5.41, 5.74) is 2.76. The van der Waals surface area contributed by atoms with Gasteiger partial charge in [0.25, 0.3) is 0 Å². The molecule has 3 aromatic carbocycles. The lowest BCUT2D eigenvalue weighted by Gasteiger charge is -2.11. The average molecular weight is 487 g/mol. The van der Waals surface area contributed by atoms with Crippen LogP contribution < -0.4 is 4.74 Å². The van der Waals surface area contributed by atoms with Gasteiger partial charge in [0.1, 0.15) is 11.3 Å². The standard InChI is InChI=1S/C25H20F3NO4S/c1-2-15-12-19(10-11-21(15)32-13-22(30)31)34-14-17-4-3-5-20-23(17)33-24(29-20)16-6-8-18(9-7-16)25(26,27)28/h3-12H,2,13-14H2,1H3,(H,30,31). The third-order valence-electron chi connectivity index (χ3n) is 5.11. The van der Waals surface area contributed by atoms with Gasteiger partial charge in [-0.05, 0) is 60.5 Å². The van der Waals surface area contributed by atoms with Crippen LogP contribution in [0.25, 0.3) is 22.6 Å². The van der Waals surface area contributed by atoms with Gasteiger partial charge in [-0.1, -0.05) is 19.1 Å². The predicted octanol–water partition coefficient (Wildman–Crippen LogP) is 6.83. The number of aliphatic carboxylic acids is 1. The van der Waals surface area contributed by atoms with Crippen molar-refractivity contribution in [2.45, 2.75) is 30.2 Å². The molecule has 4 rings (SSSR count). The zero-order chi connectivity index (χ0) is 24.3. The second kappa shape index (κ2) is 9.80. The zero-order valence-electron chi connectivity index (χ0n) is 18.1. The molecular formula is C25H20F3NO4S. The molecule has 0 unspecified atom stereocenters. The van der Waals surface area contributed by atoms with Gasteiger partial charge in [0, 0.05) is 21.8 Å². The quantitative estimate of drug-likeness (QED) is 0.275. The summed E-state index contributed by atoms with van der Waals surface area (Å²) in [4.78, 5) is 16.2. The highest BCUT2D eigenvalue weighted by atomic mass is 32.2. The van der Waals surface area contributed by atoms with Crippen molar-refractivity contribution in [2.75, 3.05) is 6.61 Å². The van der Waals surface area contributed by atoms with Gasteiger partial charge < -0.3 is 14.3 Å². The summed E-state index contributed by atoms with van der Waals surface area (Å²) in [6.45, 7) is 1.57. The molecule has 0 aliphatic rings. The fraction of sp³-hybridized carbons (Fsp3) is 0.200. The number of aryl methyl sites for hydroxylation is 1. The van der Waals surface area contributed by atoms with Crippen LogP contribution >= 0.6 is 11.8 Å². The van der Waals surface area contributed by atoms with Crippen LogP contribution in [0, 0.1) is 0 Å². The summed E-state index contributed by atoms with van der Waals surface area (Å²) in [6, 6.07) is 15.9. The maximum atomic E-state index is 12.8. The highest BCUT2D eigenvalue weighted by molar-refractivity contribution is 7.98. The monoisotopic (exact) mass is 487 g/mol. The predicted molar refractivity (Wildman–Crippen MR) is 123 cm³/mol. The lowest BCUT2D eigenvalue weighted by atomic mass is 10.1. The Balaban J connectivity index is 1.53. The van der Waals surface area contributed by atoms with Crippen LogP contribution in [-0.4, -0.2) is 22.7 Å². The van der Waals surface area contributed by atoms with Crippen molar-refractivity contribution < 1.29 is 32.2 Å². The second-order valence-corrected chi connectivity index (χ2v) is 8.50. The first-order valence-corrected chi connectivity index (χ1v) is 11.4. The van der Waals surface area contributed by atoms with Crippen LogP contribution in [0.15, 0.2) is 70.0 Å². The Morgan fingerprint density at radius 3 is 2.53 bits per heavy atom. The summed E-state index contributed by atoms with van der Waals surface area (Å²) >= 11 is 1.58. The van der Waals surface area contributed by atoms with E-state index in [2.05, 4.69) is 4.98 Å². The van der Waals surface area contributed by atoms with Crippen molar-refractivity contribution in [1.82, 2.24) is 4.98 Å². The summed E-state index contributed by atoms with van der Waals surface area (Å²) in [6.07, 6.45) is -3.71. The van der Waals surface area contributed by atoms with Crippen LogP contribution in [0.1, 0.15) is 23.6 Å². The van der Waals surface area contributed by atoms with Gasteiger partial charge in [-0.25, -0.2) is 9.78 Å². The van der Waals surface area contributed by atoms with Crippen molar-refractivity contribution in [3.05, 3.63) is 77.4 Å². The number of thioether (sulfide) groups is 1. The molecule has 0 saturated carbocycles. The number of hydrogen-bond donors (Lipinski definition) is 1. The number of aromatic nitrogens is 1. The molecule has 34 heavy (non-hydrogen) atoms. The van der Waals surface area contributed by atoms with E-state index in [-0.39, 0.29) is 5.89 Å². The van der Waals surface area contributed by atoms with Gasteiger partial charge in [0.05, 0.1) is 5.56 Å². The zero-order valence-corrected chi connectivity index (χ0v) is 18.9. The van der Waals surface area contributed by atoms with Crippen LogP contribution in [0.5, 0.6) is 5.75 Å². The van der Waals surface area contributed by atoms with Gasteiger partial charge in [0.15, 0.2) is 12.2 Å². The molecule has 0 fully saturated rings. The van der Waals surface area contributed by atoms with Crippen LogP contribution in [-0.2, 0) is 23.1 Å². The van der Waals surface area contributed by atoms with Crippen molar-refractivity contribution in [3.63, 3.8) is 0 Å². The second-order valence-electron chi connectivity index (χ2n) is 7.45. The Kier molecular flexibility index (Phi) is 6.83. The Labute approximate surface area is 197 Å². The number of fused-ring (bicyclic) bond motifs is 1. The van der Waals surface area contributed by atoms with Gasteiger partial charge in [0.2, 0.25) is 5.89 Å². The molecule has 5 nitrogen and oxygen atoms in total. The molecule has 0 amide bonds. The SMILES string of the molecule is CCc1cc(SCc2cccc3nc(-c4ccc(C(F)(F)F)cc4)oc23)ccc1OCC(=O)O. The minimum atomic E-state index is -4.40. The number of rotatable bonds is 8. The average Bonchev–Trinajstić information content (AvgIpc) is 3.26. The number of ether oxygens (including phenoxy) is 1. The molecule has 4 aromatic rings. The number of carbonyl (C=O) groups is 1. The van der Waals surface area contributed by atoms with E-state index < -0.39 is 24.3 Å². The highest BCUT2D eigenvalue weighted by Gasteiger charge is 2.30. The molecule has 176 valence electrons. The van der Waals surface area contributed by atoms with E-state index in [4.69, 9.17) is 14.3 Å². The molecule has 0 aliphatic carbocycles. The topological polar surface area (TPSA) is 72.6 Å². The van der Waals surface area contributed by atoms with Crippen molar-refractivity contribution in [1.29, 1.82) is 0 Å². The maximum Gasteiger partial charge on any atom is 0.416 e. The van der Waals surface area contributed by atoms with E-state index in [0.29, 0.717) is 34.6 Å². The number of alkyl halides is 3. The molecular weight excluding hydrogens is 467 g/mol. The third-order valence-corrected chi connectivity index (χ3v) is 6.16. The van der Waals surface area contributed by atoms with Gasteiger partial charge in [-0.2, -0.15) is 13.2 Å². The molecule has 9 heteroatoms. The largest absolute Gasteiger partial charge is 0.482 e. The van der Waals surface area contributed by atoms with Gasteiger partial charge >= 0.3 is 12.1 Å². The normalized spacial score (nSPS) is 11.6. The molecule has 0 aliphatic heterocycles. The number of halogens is 3. The Hall–Kier alpha value is -3.46. The number of carboxylic acid groups (broad SMARTS) is 1. The summed E-state index contributed by atoms with van der Waals surface area (Å²) in [7, 11) is 0. The van der Waals surface area contributed by atoms with E-state index in [1.165, 1.54) is 12.1 Å². The number of carboxylic acids is 1. The third kappa shape index (κ3) is 5.36. The molecule has 0 atom stereocenters. The number of hydrogen-bond acceptors (Lipinski definition) is 5. The number of oxazole rings is 1. The van der Waals surface area contributed by atoms with Crippen molar-refractivity contribution >= 4 is 28.8 Å². The fourth-order valence-corrected chi connectivity index (χ4v) is 4.35. The molecule has 1 heterocycles. The number of para-hydroxylation sites is 1. The van der Waals surface area contributed by atoms with E-state index >= 15 is 0 Å². The minimum Gasteiger partial charge on any atom is -0.482 e. The minimum absolute atomic E-state index is 0.259. The number of nitrogens with zero attached hydrogens (tertiary/aromatic N) is 1. The maximum absolute atomic E-state index is 12.8. The summed E-state index contributed by atoms with van der Waals surface area (Å²) < 4.78 is 49.8. The highest BCUT2D eigenvalue weighted by Crippen LogP contribution is 2.34. The molecule has 0 saturated heterocycles. The van der Waals surface area contributed by atoms with Gasteiger partial charge in [-0.3, -0.25) is 0 Å². The van der Waals surface area contributed by atoms with Gasteiger partial charge in [-0.15, -0.1) is 11.8 Å². The van der Waals surface area contributed by atoms with Crippen molar-refractivity contribution in [3.8, 4) is 17.2 Å². The van der Waals surface area contributed by atoms with E-state index in [0.717, 1.165) is 28.2 Å². The Bertz CT molecular complexity index is 1320. The van der Waals surface area contributed by atoms with Crippen LogP contribution in [0.2, 0.25) is 0 Å². The van der Waals surface area contributed by atoms with Crippen LogP contribution in [0.4, 0.5) is 13.2 Å². The smallest absolute Gasteiger partial charge is 0.416 e. The molecule has 0 spiro atoms. The molecule has 0 bridgehead atoms. The lowest BCUT2D eigenvalue weighted by molar-refractivity contribution is -0.139. The number of benzene rings is 3. The molecule has 1 aromatic heterocycles. The van der Waals surface area contributed by atoms with Crippen LogP contribution in [0.3, 0.4) is 0 Å². The van der Waals surface area contributed by atoms with Crippen molar-refractivity contribution in [2.24, 2.45) is 0 Å². The van der Waals surface area contributed by atoms with E-state index in [9.17, 15) is 18.0 Å². The first-order valence-electron chi connectivity index (χ1n) is 10.4. The Morgan fingerprint density at radius 1 is 1.09 bits per heavy atom.